The van der Waals surface area contributed by atoms with E-state index in [4.69, 9.17) is 11.2 Å². The molecule has 1 atom stereocenters. The zero-order valence-corrected chi connectivity index (χ0v) is 25.7. The maximum Gasteiger partial charge on any atom is 0.227 e. The summed E-state index contributed by atoms with van der Waals surface area (Å²) in [6.07, 6.45) is 6.81. The number of methoxy groups -OCH3 is 1. The van der Waals surface area contributed by atoms with Gasteiger partial charge in [-0.25, -0.2) is 0 Å². The molecule has 0 aliphatic rings. The van der Waals surface area contributed by atoms with Gasteiger partial charge in [-0.1, -0.05) is 78.9 Å². The molecule has 1 amide bonds. The molecule has 0 aromatic heterocycles. The van der Waals surface area contributed by atoms with Gasteiger partial charge in [-0.15, -0.1) is 0 Å². The Hall–Kier alpha value is -3.64. The number of amides is 1. The number of rotatable bonds is 7. The maximum absolute atomic E-state index is 11.9. The second-order valence-electron chi connectivity index (χ2n) is 9.06. The van der Waals surface area contributed by atoms with E-state index in [1.807, 2.05) is 43.3 Å². The summed E-state index contributed by atoms with van der Waals surface area (Å²) in [6, 6.07) is 44.3. The molecule has 1 unspecified atom stereocenters. The first-order chi connectivity index (χ1) is 19.1. The second-order valence-corrected chi connectivity index (χ2v) is 11.5. The first-order valence-electron chi connectivity index (χ1n) is 12.9. The molecule has 0 spiro atoms. The van der Waals surface area contributed by atoms with Gasteiger partial charge in [0.15, 0.2) is 0 Å². The third kappa shape index (κ3) is 8.18. The van der Waals surface area contributed by atoms with Gasteiger partial charge < -0.3 is 22.4 Å². The van der Waals surface area contributed by atoms with Crippen molar-refractivity contribution in [3.63, 3.8) is 0 Å². The predicted molar refractivity (Wildman–Crippen MR) is 166 cm³/mol. The quantitative estimate of drug-likeness (QED) is 0.0993. The van der Waals surface area contributed by atoms with Crippen LogP contribution in [0.1, 0.15) is 18.4 Å². The molecule has 1 N–H and O–H groups in total. The van der Waals surface area contributed by atoms with E-state index in [1.165, 1.54) is 15.9 Å². The molecule has 40 heavy (non-hydrogen) atoms. The average molecular weight is 727 g/mol. The number of hydrogen-bond acceptors (Lipinski definition) is 2. The number of nitrogens with one attached hydrogen (secondary N) is 1. The van der Waals surface area contributed by atoms with E-state index in [0.29, 0.717) is 0 Å². The zero-order valence-electron chi connectivity index (χ0n) is 22.5. The summed E-state index contributed by atoms with van der Waals surface area (Å²) in [5.74, 6) is 2.61. The van der Waals surface area contributed by atoms with E-state index in [-0.39, 0.29) is 40.8 Å². The largest absolute Gasteiger partial charge is 0.692 e. The van der Waals surface area contributed by atoms with Crippen LogP contribution in [0.4, 0.5) is 0 Å². The summed E-state index contributed by atoms with van der Waals surface area (Å²) < 4.78 is 5.19. The van der Waals surface area contributed by atoms with Crippen molar-refractivity contribution in [3.05, 3.63) is 139 Å². The van der Waals surface area contributed by atoms with Crippen LogP contribution in [0.5, 0.6) is 5.75 Å². The summed E-state index contributed by atoms with van der Waals surface area (Å²) in [4.78, 5) is 11.9. The van der Waals surface area contributed by atoms with Gasteiger partial charge >= 0.3 is 0 Å². The topological polar surface area (TPSA) is 38.3 Å². The van der Waals surface area contributed by atoms with Gasteiger partial charge in [0.05, 0.1) is 20.9 Å². The fourth-order valence-electron chi connectivity index (χ4n) is 4.39. The van der Waals surface area contributed by atoms with Crippen molar-refractivity contribution in [3.8, 4) is 11.7 Å². The minimum atomic E-state index is -0.877. The van der Waals surface area contributed by atoms with Crippen molar-refractivity contribution >= 4 is 40.5 Å². The van der Waals surface area contributed by atoms with E-state index < -0.39 is 7.92 Å². The summed E-state index contributed by atoms with van der Waals surface area (Å²) in [5.41, 5.74) is 0.949. The molecule has 0 heterocycles. The van der Waals surface area contributed by atoms with Crippen LogP contribution in [0.15, 0.2) is 127 Å². The number of ether oxygens (including phenoxy) is 1. The Balaban J connectivity index is 0.000000215. The molecule has 0 fully saturated rings. The van der Waals surface area contributed by atoms with Crippen molar-refractivity contribution < 1.29 is 31.9 Å². The van der Waals surface area contributed by atoms with Crippen LogP contribution >= 0.6 is 7.92 Å². The number of benzene rings is 5. The smallest absolute Gasteiger partial charge is 0.227 e. The second kappa shape index (κ2) is 15.8. The summed E-state index contributed by atoms with van der Waals surface area (Å²) in [6.45, 7) is 2.00. The SMILES string of the molecule is [Au].[C-]#CCNC(=O)C(C)c1ccc2cc(OC)ccc2c1.c1ccc([PH+](c2ccccc2)c2ccccc2)cc1. The molecular formula is C35H32AuNO2P. The molecule has 0 bridgehead atoms. The van der Waals surface area contributed by atoms with Crippen molar-refractivity contribution in [2.75, 3.05) is 13.7 Å². The number of carbonyl (C=O) groups is 1. The molecule has 0 saturated carbocycles. The molecule has 1 radical (unpaired) electrons. The van der Waals surface area contributed by atoms with Gasteiger partial charge in [0.2, 0.25) is 5.91 Å². The van der Waals surface area contributed by atoms with Gasteiger partial charge in [-0.05, 0) is 71.8 Å². The van der Waals surface area contributed by atoms with Gasteiger partial charge in [-0.2, -0.15) is 0 Å². The molecule has 0 aliphatic carbocycles. The van der Waals surface area contributed by atoms with E-state index in [0.717, 1.165) is 22.1 Å². The standard InChI is InChI=1S/C18H15P.C17H16NO2.Au/c1-4-10-16(11-5-1)19(17-12-6-2-7-13-17)18-14-8-3-9-15-18;1-4-9-18-17(19)12(2)13-5-6-15-11-16(20-3)8-7-14(15)10-13;/h1-15H;5-8,10-12H,9H2,2-3H3,(H,18,19);/q;-1;/p+1. The van der Waals surface area contributed by atoms with Crippen LogP contribution in [0, 0.1) is 12.3 Å². The fourth-order valence-corrected chi connectivity index (χ4v) is 6.97. The Bertz CT molecular complexity index is 1440. The first-order valence-corrected chi connectivity index (χ1v) is 14.4. The van der Waals surface area contributed by atoms with Crippen LogP contribution in [-0.4, -0.2) is 19.6 Å². The van der Waals surface area contributed by atoms with Crippen LogP contribution in [-0.2, 0) is 27.2 Å². The molecule has 5 heteroatoms. The minimum Gasteiger partial charge on any atom is -0.692 e. The van der Waals surface area contributed by atoms with Crippen molar-refractivity contribution in [1.82, 2.24) is 5.32 Å². The number of hydrogen-bond donors (Lipinski definition) is 1. The van der Waals surface area contributed by atoms with Crippen molar-refractivity contribution in [2.24, 2.45) is 0 Å². The first kappa shape index (κ1) is 30.9. The molecule has 5 aromatic carbocycles. The third-order valence-electron chi connectivity index (χ3n) is 6.50. The van der Waals surface area contributed by atoms with Gasteiger partial charge in [0.1, 0.15) is 21.7 Å². The van der Waals surface area contributed by atoms with Gasteiger partial charge in [0.25, 0.3) is 0 Å². The molecule has 5 aromatic rings. The van der Waals surface area contributed by atoms with Crippen LogP contribution < -0.4 is 26.0 Å². The summed E-state index contributed by atoms with van der Waals surface area (Å²) in [7, 11) is 0.764. The van der Waals surface area contributed by atoms with E-state index >= 15 is 0 Å². The third-order valence-corrected chi connectivity index (χ3v) is 9.24. The van der Waals surface area contributed by atoms with Crippen LogP contribution in [0.2, 0.25) is 0 Å². The predicted octanol–water partition coefficient (Wildman–Crippen LogP) is 5.83. The maximum atomic E-state index is 11.9. The zero-order chi connectivity index (χ0) is 27.5. The summed E-state index contributed by atoms with van der Waals surface area (Å²) in [5, 5.41) is 9.09. The van der Waals surface area contributed by atoms with Gasteiger partial charge in [0, 0.05) is 28.9 Å². The molecule has 0 saturated heterocycles. The molecule has 3 nitrogen and oxygen atoms in total. The molecule has 0 aliphatic heterocycles. The Kier molecular flexibility index (Phi) is 12.2. The minimum absolute atomic E-state index is 0. The Labute approximate surface area is 254 Å². The molecular weight excluding hydrogens is 694 g/mol. The number of fused-ring (bicyclic) bond motifs is 1. The molecule has 205 valence electrons. The van der Waals surface area contributed by atoms with Gasteiger partial charge in [-0.3, -0.25) is 4.79 Å². The average Bonchev–Trinajstić information content (AvgIpc) is 3.01. The monoisotopic (exact) mass is 726 g/mol. The Morgan fingerprint density at radius 1 is 0.775 bits per heavy atom. The van der Waals surface area contributed by atoms with E-state index in [1.54, 1.807) is 7.11 Å². The fraction of sp³-hybridized carbons (Fsp3) is 0.114. The van der Waals surface area contributed by atoms with Crippen molar-refractivity contribution in [2.45, 2.75) is 12.8 Å². The normalized spacial score (nSPS) is 10.8. The van der Waals surface area contributed by atoms with E-state index in [9.17, 15) is 4.79 Å². The molecule has 5 rings (SSSR count). The van der Waals surface area contributed by atoms with Crippen LogP contribution in [0.3, 0.4) is 0 Å². The summed E-state index contributed by atoms with van der Waals surface area (Å²) >= 11 is 0. The Morgan fingerprint density at radius 2 is 1.25 bits per heavy atom. The van der Waals surface area contributed by atoms with Crippen molar-refractivity contribution in [1.29, 1.82) is 0 Å². The Morgan fingerprint density at radius 3 is 1.73 bits per heavy atom. The van der Waals surface area contributed by atoms with Crippen LogP contribution in [0.25, 0.3) is 10.8 Å². The van der Waals surface area contributed by atoms with E-state index in [2.05, 4.69) is 102 Å². The number of carbonyl (C=O) groups excluding carboxylic acids is 1.